The van der Waals surface area contributed by atoms with Gasteiger partial charge in [0.15, 0.2) is 0 Å². The van der Waals surface area contributed by atoms with E-state index in [0.29, 0.717) is 12.1 Å². The summed E-state index contributed by atoms with van der Waals surface area (Å²) in [5.74, 6) is 5.86. The van der Waals surface area contributed by atoms with Crippen LogP contribution in [0.4, 0.5) is 0 Å². The molecule has 1 heterocycles. The van der Waals surface area contributed by atoms with Gasteiger partial charge in [-0.15, -0.1) is 0 Å². The lowest BCUT2D eigenvalue weighted by molar-refractivity contribution is 0.108. The monoisotopic (exact) mass is 186 g/mol. The Balaban J connectivity index is 2.36. The average molecular weight is 186 g/mol. The fourth-order valence-corrected chi connectivity index (χ4v) is 1.84. The van der Waals surface area contributed by atoms with E-state index >= 15 is 0 Å². The highest BCUT2D eigenvalue weighted by Crippen LogP contribution is 2.14. The van der Waals surface area contributed by atoms with E-state index in [1.807, 2.05) is 12.1 Å². The first-order chi connectivity index (χ1) is 6.15. The van der Waals surface area contributed by atoms with E-state index in [1.54, 1.807) is 0 Å². The van der Waals surface area contributed by atoms with Crippen LogP contribution < -0.4 is 11.3 Å². The zero-order valence-corrected chi connectivity index (χ0v) is 8.95. The van der Waals surface area contributed by atoms with E-state index in [1.165, 1.54) is 12.8 Å². The molecule has 0 bridgehead atoms. The Morgan fingerprint density at radius 1 is 1.62 bits per heavy atom. The summed E-state index contributed by atoms with van der Waals surface area (Å²) in [5.41, 5.74) is 3.20. The van der Waals surface area contributed by atoms with Crippen LogP contribution >= 0.6 is 0 Å². The molecule has 0 radical (unpaired) electrons. The van der Waals surface area contributed by atoms with Gasteiger partial charge in [0.2, 0.25) is 0 Å². The number of hydrogen-bond acceptors (Lipinski definition) is 4. The Hall–Kier alpha value is -0.160. The summed E-state index contributed by atoms with van der Waals surface area (Å²) < 4.78 is 0. The molecule has 1 atom stereocenters. The zero-order chi connectivity index (χ0) is 9.84. The molecule has 4 nitrogen and oxygen atoms in total. The van der Waals surface area contributed by atoms with Crippen molar-refractivity contribution in [3.05, 3.63) is 0 Å². The first-order valence-electron chi connectivity index (χ1n) is 5.10. The van der Waals surface area contributed by atoms with Crippen molar-refractivity contribution in [2.24, 2.45) is 5.84 Å². The number of hydrazine groups is 2. The fraction of sp³-hybridized carbons (Fsp3) is 1.00. The predicted octanol–water partition coefficient (Wildman–Crippen LogP) is 0.169. The second-order valence-corrected chi connectivity index (χ2v) is 4.00. The summed E-state index contributed by atoms with van der Waals surface area (Å²) >= 11 is 0. The Kier molecular flexibility index (Phi) is 4.12. The number of nitrogens with two attached hydrogens (primary N) is 1. The molecule has 1 aliphatic heterocycles. The lowest BCUT2D eigenvalue weighted by Crippen LogP contribution is -2.50. The molecule has 1 saturated heterocycles. The number of hydrogen-bond donors (Lipinski definition) is 2. The highest BCUT2D eigenvalue weighted by molar-refractivity contribution is 4.78. The van der Waals surface area contributed by atoms with Gasteiger partial charge in [0.05, 0.1) is 0 Å². The van der Waals surface area contributed by atoms with Crippen molar-refractivity contribution in [3.63, 3.8) is 0 Å². The molecule has 0 saturated carbocycles. The lowest BCUT2D eigenvalue weighted by Gasteiger charge is -2.30. The molecule has 0 spiro atoms. The van der Waals surface area contributed by atoms with Gasteiger partial charge in [-0.25, -0.2) is 10.0 Å². The fourth-order valence-electron chi connectivity index (χ4n) is 1.84. The zero-order valence-electron chi connectivity index (χ0n) is 8.95. The van der Waals surface area contributed by atoms with Crippen LogP contribution in [0.2, 0.25) is 0 Å². The molecule has 0 amide bonds. The molecule has 0 aromatic heterocycles. The van der Waals surface area contributed by atoms with Crippen LogP contribution in [0.1, 0.15) is 26.7 Å². The first kappa shape index (κ1) is 10.9. The molecule has 1 rings (SSSR count). The van der Waals surface area contributed by atoms with Crippen LogP contribution in [0.15, 0.2) is 0 Å². The third-order valence-electron chi connectivity index (χ3n) is 2.74. The summed E-state index contributed by atoms with van der Waals surface area (Å²) in [7, 11) is 1.97. The Bertz CT molecular complexity index is 149. The lowest BCUT2D eigenvalue weighted by atomic mass is 10.2. The van der Waals surface area contributed by atoms with Crippen molar-refractivity contribution in [1.29, 1.82) is 0 Å². The molecular formula is C9H22N4. The van der Waals surface area contributed by atoms with Gasteiger partial charge < -0.3 is 0 Å². The summed E-state index contributed by atoms with van der Waals surface area (Å²) in [6, 6.07) is 1.05. The summed E-state index contributed by atoms with van der Waals surface area (Å²) in [6.07, 6.45) is 2.46. The topological polar surface area (TPSA) is 44.5 Å². The van der Waals surface area contributed by atoms with Gasteiger partial charge in [0, 0.05) is 25.2 Å². The van der Waals surface area contributed by atoms with Crippen molar-refractivity contribution >= 4 is 0 Å². The van der Waals surface area contributed by atoms with Gasteiger partial charge in [0.25, 0.3) is 0 Å². The van der Waals surface area contributed by atoms with Crippen molar-refractivity contribution in [2.45, 2.75) is 38.8 Å². The molecule has 0 aromatic carbocycles. The molecule has 13 heavy (non-hydrogen) atoms. The average Bonchev–Trinajstić information content (AvgIpc) is 2.46. The maximum absolute atomic E-state index is 5.86. The largest absolute Gasteiger partial charge is 0.268 e. The number of nitrogens with one attached hydrogen (secondary N) is 1. The smallest absolute Gasteiger partial charge is 0.0383 e. The number of nitrogens with zero attached hydrogens (tertiary/aromatic N) is 2. The van der Waals surface area contributed by atoms with Crippen LogP contribution in [0.3, 0.4) is 0 Å². The van der Waals surface area contributed by atoms with Gasteiger partial charge in [-0.3, -0.25) is 11.3 Å². The Labute approximate surface area is 81.0 Å². The third kappa shape index (κ3) is 2.91. The Morgan fingerprint density at radius 2 is 2.31 bits per heavy atom. The molecule has 78 valence electrons. The highest BCUT2D eigenvalue weighted by atomic mass is 15.5. The molecule has 1 aliphatic rings. The van der Waals surface area contributed by atoms with Crippen molar-refractivity contribution in [1.82, 2.24) is 15.4 Å². The van der Waals surface area contributed by atoms with Gasteiger partial charge in [-0.05, 0) is 33.7 Å². The standard InChI is InChI=1S/C9H22N4/c1-8(2)13(11-3)7-9-5-4-6-12(9)10/h8-9,11H,4-7,10H2,1-3H3. The van der Waals surface area contributed by atoms with E-state index in [-0.39, 0.29) is 0 Å². The first-order valence-corrected chi connectivity index (χ1v) is 5.10. The van der Waals surface area contributed by atoms with E-state index in [4.69, 9.17) is 5.84 Å². The quantitative estimate of drug-likeness (QED) is 0.485. The van der Waals surface area contributed by atoms with E-state index in [9.17, 15) is 0 Å². The van der Waals surface area contributed by atoms with Gasteiger partial charge in [-0.2, -0.15) is 0 Å². The van der Waals surface area contributed by atoms with Gasteiger partial charge >= 0.3 is 0 Å². The van der Waals surface area contributed by atoms with Crippen molar-refractivity contribution in [3.8, 4) is 0 Å². The van der Waals surface area contributed by atoms with Crippen molar-refractivity contribution in [2.75, 3.05) is 20.1 Å². The molecule has 1 fully saturated rings. The van der Waals surface area contributed by atoms with E-state index in [2.05, 4.69) is 24.3 Å². The van der Waals surface area contributed by atoms with Gasteiger partial charge in [-0.1, -0.05) is 0 Å². The minimum Gasteiger partial charge on any atom is -0.268 e. The third-order valence-corrected chi connectivity index (χ3v) is 2.74. The number of rotatable bonds is 4. The summed E-state index contributed by atoms with van der Waals surface area (Å²) in [5, 5.41) is 4.20. The van der Waals surface area contributed by atoms with Crippen LogP contribution in [0.25, 0.3) is 0 Å². The van der Waals surface area contributed by atoms with Crippen LogP contribution in [-0.4, -0.2) is 42.2 Å². The minimum absolute atomic E-state index is 0.523. The summed E-state index contributed by atoms with van der Waals surface area (Å²) in [6.45, 7) is 6.43. The molecule has 1 unspecified atom stereocenters. The second-order valence-electron chi connectivity index (χ2n) is 4.00. The maximum atomic E-state index is 5.86. The SMILES string of the molecule is CNN(CC1CCCN1N)C(C)C. The maximum Gasteiger partial charge on any atom is 0.0383 e. The highest BCUT2D eigenvalue weighted by Gasteiger charge is 2.24. The van der Waals surface area contributed by atoms with Crippen molar-refractivity contribution < 1.29 is 0 Å². The van der Waals surface area contributed by atoms with E-state index < -0.39 is 0 Å². The molecule has 4 heteroatoms. The second kappa shape index (κ2) is 4.91. The normalized spacial score (nSPS) is 24.9. The van der Waals surface area contributed by atoms with Crippen LogP contribution in [0, 0.1) is 0 Å². The van der Waals surface area contributed by atoms with E-state index in [0.717, 1.165) is 13.1 Å². The molecule has 3 N–H and O–H groups in total. The molecule has 0 aliphatic carbocycles. The van der Waals surface area contributed by atoms with Gasteiger partial charge in [0.1, 0.15) is 0 Å². The van der Waals surface area contributed by atoms with Crippen LogP contribution in [0.5, 0.6) is 0 Å². The minimum atomic E-state index is 0.523. The molecule has 0 aromatic rings. The summed E-state index contributed by atoms with van der Waals surface area (Å²) in [4.78, 5) is 0. The predicted molar refractivity (Wildman–Crippen MR) is 54.8 cm³/mol. The Morgan fingerprint density at radius 3 is 2.69 bits per heavy atom. The van der Waals surface area contributed by atoms with Crippen LogP contribution in [-0.2, 0) is 0 Å². The molecular weight excluding hydrogens is 164 g/mol.